The minimum Gasteiger partial charge on any atom is -0.0625 e. The first-order chi connectivity index (χ1) is 8.00. The number of hydrogen-bond acceptors (Lipinski definition) is 0. The Morgan fingerprint density at radius 1 is 0.588 bits per heavy atom. The van der Waals surface area contributed by atoms with Gasteiger partial charge < -0.3 is 0 Å². The van der Waals surface area contributed by atoms with Gasteiger partial charge in [-0.15, -0.1) is 0 Å². The molecule has 0 aliphatic heterocycles. The molecule has 0 amide bonds. The lowest BCUT2D eigenvalue weighted by molar-refractivity contribution is 0.0421. The van der Waals surface area contributed by atoms with Crippen molar-refractivity contribution >= 4 is 0 Å². The molecule has 0 nitrogen and oxygen atoms in total. The third-order valence-corrected chi connectivity index (χ3v) is 6.14. The molecule has 2 rings (SSSR count). The second-order valence-electron chi connectivity index (χ2n) is 7.73. The molecular formula is C17H32. The van der Waals surface area contributed by atoms with E-state index in [1.165, 1.54) is 51.4 Å². The van der Waals surface area contributed by atoms with E-state index in [1.54, 1.807) is 0 Å². The van der Waals surface area contributed by atoms with Gasteiger partial charge in [0.05, 0.1) is 0 Å². The smallest absolute Gasteiger partial charge is 0.0298 e. The molecule has 0 spiro atoms. The summed E-state index contributed by atoms with van der Waals surface area (Å²) in [6.07, 6.45) is 11.9. The average molecular weight is 236 g/mol. The Morgan fingerprint density at radius 2 is 0.882 bits per heavy atom. The predicted octanol–water partition coefficient (Wildman–Crippen LogP) is 5.67. The van der Waals surface area contributed by atoms with Crippen molar-refractivity contribution in [2.24, 2.45) is 29.1 Å². The van der Waals surface area contributed by atoms with Gasteiger partial charge in [-0.3, -0.25) is 0 Å². The highest BCUT2D eigenvalue weighted by Crippen LogP contribution is 2.49. The highest BCUT2D eigenvalue weighted by atomic mass is 14.4. The SMILES string of the molecule is CC1CCC(C(C)(C)C2CCC(C)CC2)CC1. The summed E-state index contributed by atoms with van der Waals surface area (Å²) < 4.78 is 0. The zero-order valence-electron chi connectivity index (χ0n) is 12.5. The largest absolute Gasteiger partial charge is 0.0625 e. The van der Waals surface area contributed by atoms with Crippen LogP contribution in [-0.2, 0) is 0 Å². The molecule has 0 aromatic carbocycles. The highest BCUT2D eigenvalue weighted by Gasteiger charge is 2.39. The fraction of sp³-hybridized carbons (Fsp3) is 1.00. The van der Waals surface area contributed by atoms with Crippen LogP contribution in [0.1, 0.15) is 79.1 Å². The maximum Gasteiger partial charge on any atom is -0.0298 e. The molecule has 0 heteroatoms. The maximum absolute atomic E-state index is 2.58. The lowest BCUT2D eigenvalue weighted by Gasteiger charge is -2.46. The number of hydrogen-bond donors (Lipinski definition) is 0. The van der Waals surface area contributed by atoms with Gasteiger partial charge in [0.2, 0.25) is 0 Å². The van der Waals surface area contributed by atoms with Crippen molar-refractivity contribution < 1.29 is 0 Å². The molecule has 2 fully saturated rings. The third kappa shape index (κ3) is 3.06. The second-order valence-corrected chi connectivity index (χ2v) is 7.73. The van der Waals surface area contributed by atoms with E-state index in [9.17, 15) is 0 Å². The third-order valence-electron chi connectivity index (χ3n) is 6.14. The summed E-state index contributed by atoms with van der Waals surface area (Å²) in [5.74, 6) is 4.01. The van der Waals surface area contributed by atoms with Gasteiger partial charge in [-0.25, -0.2) is 0 Å². The van der Waals surface area contributed by atoms with Gasteiger partial charge in [0.1, 0.15) is 0 Å². The first-order valence-corrected chi connectivity index (χ1v) is 8.00. The number of rotatable bonds is 2. The molecule has 17 heavy (non-hydrogen) atoms. The Labute approximate surface area is 109 Å². The van der Waals surface area contributed by atoms with Gasteiger partial charge in [0.15, 0.2) is 0 Å². The van der Waals surface area contributed by atoms with Crippen LogP contribution < -0.4 is 0 Å². The van der Waals surface area contributed by atoms with E-state index in [1.807, 2.05) is 0 Å². The molecule has 0 radical (unpaired) electrons. The van der Waals surface area contributed by atoms with Gasteiger partial charge in [0, 0.05) is 0 Å². The molecule has 2 aliphatic carbocycles. The second kappa shape index (κ2) is 5.33. The molecule has 2 aliphatic rings. The van der Waals surface area contributed by atoms with E-state index in [0.717, 1.165) is 23.7 Å². The van der Waals surface area contributed by atoms with Gasteiger partial charge in [0.25, 0.3) is 0 Å². The summed E-state index contributed by atoms with van der Waals surface area (Å²) in [7, 11) is 0. The normalized spacial score (nSPS) is 40.2. The van der Waals surface area contributed by atoms with Gasteiger partial charge in [-0.1, -0.05) is 53.4 Å². The van der Waals surface area contributed by atoms with Crippen molar-refractivity contribution in [2.45, 2.75) is 79.1 Å². The minimum absolute atomic E-state index is 0.611. The molecule has 100 valence electrons. The summed E-state index contributed by atoms with van der Waals surface area (Å²) in [4.78, 5) is 0. The summed E-state index contributed by atoms with van der Waals surface area (Å²) >= 11 is 0. The lowest BCUT2D eigenvalue weighted by atomic mass is 9.59. The summed E-state index contributed by atoms with van der Waals surface area (Å²) in [5, 5.41) is 0. The first kappa shape index (κ1) is 13.4. The van der Waals surface area contributed by atoms with Crippen LogP contribution in [0.2, 0.25) is 0 Å². The van der Waals surface area contributed by atoms with Crippen LogP contribution in [0.15, 0.2) is 0 Å². The molecule has 0 saturated heterocycles. The molecule has 0 unspecified atom stereocenters. The van der Waals surface area contributed by atoms with Crippen molar-refractivity contribution in [2.75, 3.05) is 0 Å². The monoisotopic (exact) mass is 236 g/mol. The van der Waals surface area contributed by atoms with Crippen molar-refractivity contribution in [3.05, 3.63) is 0 Å². The van der Waals surface area contributed by atoms with Crippen molar-refractivity contribution in [1.29, 1.82) is 0 Å². The maximum atomic E-state index is 2.58. The van der Waals surface area contributed by atoms with E-state index in [0.29, 0.717) is 5.41 Å². The Bertz CT molecular complexity index is 200. The standard InChI is InChI=1S/C17H32/c1-13-5-9-15(10-6-13)17(3,4)16-11-7-14(2)8-12-16/h13-16H,5-12H2,1-4H3. The fourth-order valence-corrected chi connectivity index (χ4v) is 4.34. The van der Waals surface area contributed by atoms with Crippen molar-refractivity contribution in [1.82, 2.24) is 0 Å². The predicted molar refractivity (Wildman–Crippen MR) is 76.0 cm³/mol. The summed E-state index contributed by atoms with van der Waals surface area (Å²) in [6, 6.07) is 0. The van der Waals surface area contributed by atoms with E-state index in [2.05, 4.69) is 27.7 Å². The van der Waals surface area contributed by atoms with Crippen molar-refractivity contribution in [3.63, 3.8) is 0 Å². The zero-order valence-corrected chi connectivity index (χ0v) is 12.5. The summed E-state index contributed by atoms with van der Waals surface area (Å²) in [6.45, 7) is 10.0. The fourth-order valence-electron chi connectivity index (χ4n) is 4.34. The van der Waals surface area contributed by atoms with Crippen LogP contribution in [-0.4, -0.2) is 0 Å². The molecule has 0 aromatic heterocycles. The molecule has 0 aromatic rings. The van der Waals surface area contributed by atoms with Crippen LogP contribution in [0.3, 0.4) is 0 Å². The van der Waals surface area contributed by atoms with Crippen molar-refractivity contribution in [3.8, 4) is 0 Å². The van der Waals surface area contributed by atoms with Crippen LogP contribution in [0.25, 0.3) is 0 Å². The average Bonchev–Trinajstić information content (AvgIpc) is 2.30. The van der Waals surface area contributed by atoms with Gasteiger partial charge in [-0.2, -0.15) is 0 Å². The molecule has 0 N–H and O–H groups in total. The van der Waals surface area contributed by atoms with E-state index in [4.69, 9.17) is 0 Å². The van der Waals surface area contributed by atoms with E-state index >= 15 is 0 Å². The zero-order chi connectivity index (χ0) is 12.5. The van der Waals surface area contributed by atoms with Gasteiger partial charge >= 0.3 is 0 Å². The molecule has 0 atom stereocenters. The molecular weight excluding hydrogens is 204 g/mol. The van der Waals surface area contributed by atoms with Crippen LogP contribution in [0.4, 0.5) is 0 Å². The minimum atomic E-state index is 0.611. The van der Waals surface area contributed by atoms with Crippen LogP contribution in [0.5, 0.6) is 0 Å². The first-order valence-electron chi connectivity index (χ1n) is 8.00. The quantitative estimate of drug-likeness (QED) is 0.580. The van der Waals surface area contributed by atoms with E-state index in [-0.39, 0.29) is 0 Å². The Balaban J connectivity index is 1.93. The van der Waals surface area contributed by atoms with Crippen LogP contribution >= 0.6 is 0 Å². The molecule has 2 saturated carbocycles. The molecule has 0 bridgehead atoms. The van der Waals surface area contributed by atoms with Gasteiger partial charge in [-0.05, 0) is 54.8 Å². The molecule has 0 heterocycles. The Hall–Kier alpha value is 0. The Kier molecular flexibility index (Phi) is 4.21. The van der Waals surface area contributed by atoms with E-state index < -0.39 is 0 Å². The highest BCUT2D eigenvalue weighted by molar-refractivity contribution is 4.89. The topological polar surface area (TPSA) is 0 Å². The summed E-state index contributed by atoms with van der Waals surface area (Å²) in [5.41, 5.74) is 0.611. The van der Waals surface area contributed by atoms with Crippen LogP contribution in [0, 0.1) is 29.1 Å². The Morgan fingerprint density at radius 3 is 1.18 bits per heavy atom. The lowest BCUT2D eigenvalue weighted by Crippen LogP contribution is -2.36.